The molecule has 0 saturated carbocycles. The molecular formula is C17H20O5. The maximum Gasteiger partial charge on any atom is 0.508 e. The van der Waals surface area contributed by atoms with Crippen LogP contribution in [0.5, 0.6) is 5.75 Å². The second kappa shape index (κ2) is 8.12. The van der Waals surface area contributed by atoms with Crippen LogP contribution in [-0.2, 0) is 15.9 Å². The van der Waals surface area contributed by atoms with Crippen molar-refractivity contribution in [3.63, 3.8) is 0 Å². The fourth-order valence-electron chi connectivity index (χ4n) is 2.10. The molecule has 22 heavy (non-hydrogen) atoms. The number of aliphatic hydroxyl groups is 1. The number of hydrogen-bond acceptors (Lipinski definition) is 5. The lowest BCUT2D eigenvalue weighted by Crippen LogP contribution is -2.11. The van der Waals surface area contributed by atoms with Gasteiger partial charge in [0.15, 0.2) is 0 Å². The Morgan fingerprint density at radius 2 is 1.64 bits per heavy atom. The van der Waals surface area contributed by atoms with Crippen molar-refractivity contribution >= 4 is 6.16 Å². The van der Waals surface area contributed by atoms with E-state index in [1.807, 2.05) is 6.08 Å². The Hall–Kier alpha value is -2.43. The molecule has 5 nitrogen and oxygen atoms in total. The van der Waals surface area contributed by atoms with E-state index >= 15 is 0 Å². The zero-order valence-electron chi connectivity index (χ0n) is 12.3. The molecule has 0 bridgehead atoms. The highest BCUT2D eigenvalue weighted by Gasteiger charge is 2.08. The molecule has 0 saturated heterocycles. The van der Waals surface area contributed by atoms with Crippen molar-refractivity contribution in [1.29, 1.82) is 0 Å². The van der Waals surface area contributed by atoms with Crippen molar-refractivity contribution < 1.29 is 24.5 Å². The van der Waals surface area contributed by atoms with Crippen molar-refractivity contribution in [3.05, 3.63) is 53.3 Å². The summed E-state index contributed by atoms with van der Waals surface area (Å²) in [5, 5.41) is 18.4. The molecule has 0 aromatic heterocycles. The van der Waals surface area contributed by atoms with Gasteiger partial charge in [-0.25, -0.2) is 4.79 Å². The topological polar surface area (TPSA) is 76.0 Å². The molecule has 5 heteroatoms. The summed E-state index contributed by atoms with van der Waals surface area (Å²) in [6.07, 6.45) is 5.52. The number of phenolic OH excluding ortho intramolecular Hbond substituents is 1. The van der Waals surface area contributed by atoms with Crippen molar-refractivity contribution in [2.75, 3.05) is 13.2 Å². The number of rotatable bonds is 6. The number of benzene rings is 1. The Balaban J connectivity index is 1.59. The molecule has 0 aliphatic heterocycles. The van der Waals surface area contributed by atoms with Gasteiger partial charge in [-0.2, -0.15) is 0 Å². The molecule has 118 valence electrons. The summed E-state index contributed by atoms with van der Waals surface area (Å²) in [6, 6.07) is 6.75. The molecule has 0 radical (unpaired) electrons. The zero-order valence-corrected chi connectivity index (χ0v) is 12.3. The SMILES string of the molecule is O=C(OCCC1=CC=C(O)CC1)OCCc1ccc(O)cc1. The third-order valence-corrected chi connectivity index (χ3v) is 3.40. The zero-order chi connectivity index (χ0) is 15.8. The number of allylic oxidation sites excluding steroid dienone is 3. The molecule has 0 heterocycles. The molecule has 2 N–H and O–H groups in total. The van der Waals surface area contributed by atoms with Crippen LogP contribution in [0.15, 0.2) is 47.7 Å². The Labute approximate surface area is 129 Å². The van der Waals surface area contributed by atoms with Gasteiger partial charge >= 0.3 is 6.16 Å². The van der Waals surface area contributed by atoms with Crippen molar-refractivity contribution in [2.24, 2.45) is 0 Å². The first-order valence-corrected chi connectivity index (χ1v) is 7.28. The Bertz CT molecular complexity index is 557. The number of aliphatic hydroxyl groups excluding tert-OH is 1. The standard InChI is InChI=1S/C17H20O5/c18-15-5-1-13(2-6-15)9-11-21-17(20)22-12-10-14-3-7-16(19)8-4-14/h1-3,5-7,18-19H,4,8-12H2. The summed E-state index contributed by atoms with van der Waals surface area (Å²) >= 11 is 0. The van der Waals surface area contributed by atoms with Gasteiger partial charge in [-0.05, 0) is 30.2 Å². The summed E-state index contributed by atoms with van der Waals surface area (Å²) in [4.78, 5) is 11.4. The van der Waals surface area contributed by atoms with Crippen LogP contribution in [0.25, 0.3) is 0 Å². The van der Waals surface area contributed by atoms with Gasteiger partial charge in [0.2, 0.25) is 0 Å². The molecule has 0 spiro atoms. The highest BCUT2D eigenvalue weighted by atomic mass is 16.7. The summed E-state index contributed by atoms with van der Waals surface area (Å²) < 4.78 is 9.99. The first kappa shape index (κ1) is 15.9. The minimum atomic E-state index is -0.673. The smallest absolute Gasteiger partial charge is 0.508 e. The number of aromatic hydroxyl groups is 1. The van der Waals surface area contributed by atoms with Crippen LogP contribution < -0.4 is 0 Å². The third kappa shape index (κ3) is 5.52. The molecule has 0 amide bonds. The average Bonchev–Trinajstić information content (AvgIpc) is 2.51. The largest absolute Gasteiger partial charge is 0.512 e. The van der Waals surface area contributed by atoms with Crippen LogP contribution in [0, 0.1) is 0 Å². The molecular weight excluding hydrogens is 284 g/mol. The molecule has 1 aliphatic rings. The predicted molar refractivity (Wildman–Crippen MR) is 81.8 cm³/mol. The Morgan fingerprint density at radius 3 is 2.27 bits per heavy atom. The van der Waals surface area contributed by atoms with Crippen LogP contribution in [-0.4, -0.2) is 29.6 Å². The number of carbonyl (C=O) groups is 1. The second-order valence-corrected chi connectivity index (χ2v) is 5.10. The predicted octanol–water partition coefficient (Wildman–Crippen LogP) is 3.64. The number of ether oxygens (including phenoxy) is 2. The summed E-state index contributed by atoms with van der Waals surface area (Å²) in [7, 11) is 0. The number of hydrogen-bond donors (Lipinski definition) is 2. The molecule has 0 fully saturated rings. The van der Waals surface area contributed by atoms with E-state index in [0.717, 1.165) is 17.6 Å². The van der Waals surface area contributed by atoms with Crippen molar-refractivity contribution in [2.45, 2.75) is 25.7 Å². The van der Waals surface area contributed by atoms with Gasteiger partial charge < -0.3 is 19.7 Å². The minimum absolute atomic E-state index is 0.212. The van der Waals surface area contributed by atoms with Crippen LogP contribution in [0.1, 0.15) is 24.8 Å². The monoisotopic (exact) mass is 304 g/mol. The quantitative estimate of drug-likeness (QED) is 0.785. The molecule has 0 atom stereocenters. The Kier molecular flexibility index (Phi) is 5.89. The van der Waals surface area contributed by atoms with Crippen molar-refractivity contribution in [3.8, 4) is 5.75 Å². The van der Waals surface area contributed by atoms with E-state index < -0.39 is 6.16 Å². The van der Waals surface area contributed by atoms with Crippen LogP contribution in [0.3, 0.4) is 0 Å². The summed E-state index contributed by atoms with van der Waals surface area (Å²) in [5.74, 6) is 0.600. The Morgan fingerprint density at radius 1 is 0.955 bits per heavy atom. The fraction of sp³-hybridized carbons (Fsp3) is 0.353. The molecule has 0 unspecified atom stereocenters. The summed E-state index contributed by atoms with van der Waals surface area (Å²) in [5.41, 5.74) is 2.12. The lowest BCUT2D eigenvalue weighted by molar-refractivity contribution is 0.0567. The normalized spacial score (nSPS) is 14.0. The van der Waals surface area contributed by atoms with Gasteiger partial charge in [-0.15, -0.1) is 0 Å². The molecule has 2 rings (SSSR count). The van der Waals surface area contributed by atoms with Crippen LogP contribution in [0.4, 0.5) is 4.79 Å². The highest BCUT2D eigenvalue weighted by molar-refractivity contribution is 5.59. The van der Waals surface area contributed by atoms with E-state index in [1.165, 1.54) is 0 Å². The van der Waals surface area contributed by atoms with Gasteiger partial charge in [-0.3, -0.25) is 0 Å². The maximum absolute atomic E-state index is 11.4. The fourth-order valence-corrected chi connectivity index (χ4v) is 2.10. The average molecular weight is 304 g/mol. The van der Waals surface area contributed by atoms with Gasteiger partial charge in [-0.1, -0.05) is 23.8 Å². The molecule has 1 aliphatic carbocycles. The third-order valence-electron chi connectivity index (χ3n) is 3.40. The van der Waals surface area contributed by atoms with E-state index in [9.17, 15) is 9.90 Å². The lowest BCUT2D eigenvalue weighted by atomic mass is 10.0. The van der Waals surface area contributed by atoms with Gasteiger partial charge in [0, 0.05) is 19.3 Å². The summed E-state index contributed by atoms with van der Waals surface area (Å²) in [6.45, 7) is 0.515. The van der Waals surface area contributed by atoms with Crippen LogP contribution >= 0.6 is 0 Å². The molecule has 1 aromatic rings. The van der Waals surface area contributed by atoms with Gasteiger partial charge in [0.05, 0.1) is 19.0 Å². The van der Waals surface area contributed by atoms with E-state index in [-0.39, 0.29) is 19.0 Å². The highest BCUT2D eigenvalue weighted by Crippen LogP contribution is 2.19. The number of phenols is 1. The van der Waals surface area contributed by atoms with E-state index in [1.54, 1.807) is 30.3 Å². The first-order valence-electron chi connectivity index (χ1n) is 7.28. The maximum atomic E-state index is 11.4. The van der Waals surface area contributed by atoms with Crippen molar-refractivity contribution in [1.82, 2.24) is 0 Å². The van der Waals surface area contributed by atoms with Gasteiger partial charge in [0.1, 0.15) is 5.75 Å². The first-order chi connectivity index (χ1) is 10.6. The lowest BCUT2D eigenvalue weighted by Gasteiger charge is -2.11. The minimum Gasteiger partial charge on any atom is -0.512 e. The number of carbonyl (C=O) groups excluding carboxylic acids is 1. The second-order valence-electron chi connectivity index (χ2n) is 5.10. The van der Waals surface area contributed by atoms with E-state index in [2.05, 4.69) is 0 Å². The van der Waals surface area contributed by atoms with E-state index in [4.69, 9.17) is 14.6 Å². The van der Waals surface area contributed by atoms with E-state index in [0.29, 0.717) is 25.0 Å². The van der Waals surface area contributed by atoms with Gasteiger partial charge in [0.25, 0.3) is 0 Å². The molecule has 1 aromatic carbocycles. The van der Waals surface area contributed by atoms with Crippen LogP contribution in [0.2, 0.25) is 0 Å².